The summed E-state index contributed by atoms with van der Waals surface area (Å²) in [6, 6.07) is 22.9. The number of carboxylic acid groups (broad SMARTS) is 1. The van der Waals surface area contributed by atoms with Gasteiger partial charge in [-0.3, -0.25) is 9.78 Å². The number of anilines is 1. The summed E-state index contributed by atoms with van der Waals surface area (Å²) in [6.45, 7) is 2.31. The molecule has 0 radical (unpaired) electrons. The minimum atomic E-state index is -1.01. The summed E-state index contributed by atoms with van der Waals surface area (Å²) in [7, 11) is 0. The molecule has 0 spiro atoms. The predicted octanol–water partition coefficient (Wildman–Crippen LogP) is 5.35. The molecular formula is C29H26N4O4S. The molecule has 3 heterocycles. The first kappa shape index (κ1) is 25.2. The summed E-state index contributed by atoms with van der Waals surface area (Å²) >= 11 is 5.69. The van der Waals surface area contributed by atoms with Gasteiger partial charge in [0.1, 0.15) is 17.6 Å². The van der Waals surface area contributed by atoms with Gasteiger partial charge in [-0.1, -0.05) is 36.4 Å². The van der Waals surface area contributed by atoms with E-state index in [4.69, 9.17) is 16.6 Å². The van der Waals surface area contributed by atoms with Crippen molar-refractivity contribution in [2.24, 2.45) is 0 Å². The number of carbonyl (C=O) groups is 2. The lowest BCUT2D eigenvalue weighted by Crippen LogP contribution is -2.32. The van der Waals surface area contributed by atoms with Crippen LogP contribution >= 0.6 is 12.2 Å². The Morgan fingerprint density at radius 1 is 1.08 bits per heavy atom. The third-order valence-electron chi connectivity index (χ3n) is 6.51. The normalized spacial score (nSPS) is 16.8. The Morgan fingerprint density at radius 2 is 1.89 bits per heavy atom. The number of hydrogen-bond donors (Lipinski definition) is 3. The second kappa shape index (κ2) is 10.9. The Morgan fingerprint density at radius 3 is 2.66 bits per heavy atom. The van der Waals surface area contributed by atoms with Crippen LogP contribution in [0.2, 0.25) is 0 Å². The summed E-state index contributed by atoms with van der Waals surface area (Å²) in [4.78, 5) is 30.7. The number of para-hydroxylation sites is 1. The summed E-state index contributed by atoms with van der Waals surface area (Å²) in [5.41, 5.74) is 3.39. The summed E-state index contributed by atoms with van der Waals surface area (Å²) in [5, 5.41) is 16.2. The Kier molecular flexibility index (Phi) is 7.19. The average Bonchev–Trinajstić information content (AvgIpc) is 3.54. The molecule has 0 aliphatic carbocycles. The molecule has 2 aromatic heterocycles. The monoisotopic (exact) mass is 526 g/mol. The van der Waals surface area contributed by atoms with Gasteiger partial charge in [0.25, 0.3) is 0 Å². The largest absolute Gasteiger partial charge is 0.478 e. The lowest BCUT2D eigenvalue weighted by atomic mass is 10.0. The number of benzene rings is 2. The fourth-order valence-corrected chi connectivity index (χ4v) is 4.91. The van der Waals surface area contributed by atoms with Gasteiger partial charge in [-0.15, -0.1) is 0 Å². The molecule has 1 fully saturated rings. The highest BCUT2D eigenvalue weighted by molar-refractivity contribution is 7.80. The topological polar surface area (TPSA) is 108 Å². The SMILES string of the molecule is Cc1ccccc1NC(=O)CCN1C(=S)N[C@@H](c2ccccn2)[C@@H]1c1ccc(-c2cccc(C(=O)O)c2)o1. The third kappa shape index (κ3) is 5.28. The lowest BCUT2D eigenvalue weighted by Gasteiger charge is -2.26. The molecule has 2 atom stereocenters. The molecule has 9 heteroatoms. The molecule has 192 valence electrons. The quantitative estimate of drug-likeness (QED) is 0.264. The number of carbonyl (C=O) groups excluding carboxylic acids is 1. The van der Waals surface area contributed by atoms with Crippen LogP contribution in [0.3, 0.4) is 0 Å². The van der Waals surface area contributed by atoms with Gasteiger partial charge in [0.05, 0.1) is 17.3 Å². The molecule has 5 rings (SSSR count). The molecule has 3 N–H and O–H groups in total. The van der Waals surface area contributed by atoms with Crippen molar-refractivity contribution in [2.45, 2.75) is 25.4 Å². The minimum absolute atomic E-state index is 0.118. The van der Waals surface area contributed by atoms with E-state index < -0.39 is 5.97 Å². The Bertz CT molecular complexity index is 1490. The number of rotatable bonds is 8. The molecule has 1 saturated heterocycles. The maximum absolute atomic E-state index is 12.8. The van der Waals surface area contributed by atoms with E-state index >= 15 is 0 Å². The van der Waals surface area contributed by atoms with Crippen LogP contribution in [0.15, 0.2) is 89.5 Å². The second-order valence-corrected chi connectivity index (χ2v) is 9.41. The van der Waals surface area contributed by atoms with Crippen LogP contribution in [0.4, 0.5) is 5.69 Å². The van der Waals surface area contributed by atoms with E-state index in [1.807, 2.05) is 66.4 Å². The molecule has 8 nitrogen and oxygen atoms in total. The van der Waals surface area contributed by atoms with Crippen LogP contribution in [0, 0.1) is 6.92 Å². The fourth-order valence-electron chi connectivity index (χ4n) is 4.58. The molecule has 1 aliphatic heterocycles. The number of pyridine rings is 1. The molecule has 0 unspecified atom stereocenters. The van der Waals surface area contributed by atoms with Gasteiger partial charge in [-0.05, 0) is 67.2 Å². The fraction of sp³-hybridized carbons (Fsp3) is 0.172. The first-order chi connectivity index (χ1) is 18.4. The third-order valence-corrected chi connectivity index (χ3v) is 6.86. The standard InChI is InChI=1S/C29H26N4O4S/c1-18-7-2-3-10-21(18)31-25(34)14-16-33-27(26(32-29(33)38)22-11-4-5-15-30-22)24-13-12-23(37-24)19-8-6-9-20(17-19)28(35)36/h2-13,15,17,26-27H,14,16H2,1H3,(H,31,34)(H,32,38)(H,35,36)/t26-,27-/m0/s1. The molecule has 0 saturated carbocycles. The van der Waals surface area contributed by atoms with Crippen LogP contribution < -0.4 is 10.6 Å². The summed E-state index contributed by atoms with van der Waals surface area (Å²) < 4.78 is 6.27. The number of aryl methyl sites for hydroxylation is 1. The molecule has 38 heavy (non-hydrogen) atoms. The second-order valence-electron chi connectivity index (χ2n) is 9.02. The number of thiocarbonyl (C=S) groups is 1. The van der Waals surface area contributed by atoms with E-state index in [-0.39, 0.29) is 30.0 Å². The van der Waals surface area contributed by atoms with Crippen molar-refractivity contribution < 1.29 is 19.1 Å². The Labute approximate surface area is 225 Å². The van der Waals surface area contributed by atoms with Gasteiger partial charge >= 0.3 is 5.97 Å². The molecule has 1 aliphatic rings. The van der Waals surface area contributed by atoms with Crippen molar-refractivity contribution in [3.8, 4) is 11.3 Å². The highest BCUT2D eigenvalue weighted by Gasteiger charge is 2.41. The van der Waals surface area contributed by atoms with Crippen LogP contribution in [-0.4, -0.2) is 38.5 Å². The van der Waals surface area contributed by atoms with Gasteiger partial charge in [0, 0.05) is 30.4 Å². The smallest absolute Gasteiger partial charge is 0.335 e. The first-order valence-electron chi connectivity index (χ1n) is 12.2. The van der Waals surface area contributed by atoms with Crippen molar-refractivity contribution in [3.05, 3.63) is 108 Å². The number of furan rings is 1. The number of carboxylic acids is 1. The molecule has 4 aromatic rings. The number of nitrogens with zero attached hydrogens (tertiary/aromatic N) is 2. The lowest BCUT2D eigenvalue weighted by molar-refractivity contribution is -0.116. The number of aromatic carboxylic acids is 1. The number of aromatic nitrogens is 1. The minimum Gasteiger partial charge on any atom is -0.478 e. The van der Waals surface area contributed by atoms with E-state index in [0.717, 1.165) is 16.9 Å². The van der Waals surface area contributed by atoms with E-state index in [9.17, 15) is 14.7 Å². The van der Waals surface area contributed by atoms with Crippen LogP contribution in [0.1, 0.15) is 45.9 Å². The molecule has 2 aromatic carbocycles. The zero-order valence-electron chi connectivity index (χ0n) is 20.6. The van der Waals surface area contributed by atoms with E-state index in [0.29, 0.717) is 28.7 Å². The van der Waals surface area contributed by atoms with Gasteiger partial charge in [-0.2, -0.15) is 0 Å². The van der Waals surface area contributed by atoms with Crippen LogP contribution in [0.25, 0.3) is 11.3 Å². The number of nitrogens with one attached hydrogen (secondary N) is 2. The maximum Gasteiger partial charge on any atom is 0.335 e. The maximum atomic E-state index is 12.8. The van der Waals surface area contributed by atoms with Crippen molar-refractivity contribution in [3.63, 3.8) is 0 Å². The van der Waals surface area contributed by atoms with Gasteiger partial charge in [-0.25, -0.2) is 4.79 Å². The Balaban J connectivity index is 1.41. The zero-order valence-corrected chi connectivity index (χ0v) is 21.4. The van der Waals surface area contributed by atoms with Crippen molar-refractivity contribution in [1.29, 1.82) is 0 Å². The molecular weight excluding hydrogens is 500 g/mol. The van der Waals surface area contributed by atoms with Gasteiger partial charge in [0.2, 0.25) is 5.91 Å². The van der Waals surface area contributed by atoms with E-state index in [1.54, 1.807) is 24.4 Å². The van der Waals surface area contributed by atoms with Crippen molar-refractivity contribution in [2.75, 3.05) is 11.9 Å². The Hall–Kier alpha value is -4.50. The zero-order chi connectivity index (χ0) is 26.6. The molecule has 0 bridgehead atoms. The van der Waals surface area contributed by atoms with Crippen LogP contribution in [-0.2, 0) is 4.79 Å². The number of amides is 1. The number of hydrogen-bond acceptors (Lipinski definition) is 5. The van der Waals surface area contributed by atoms with Gasteiger partial charge in [0.15, 0.2) is 5.11 Å². The first-order valence-corrected chi connectivity index (χ1v) is 12.6. The van der Waals surface area contributed by atoms with Crippen molar-refractivity contribution >= 4 is 34.9 Å². The van der Waals surface area contributed by atoms with Gasteiger partial charge < -0.3 is 25.1 Å². The highest BCUT2D eigenvalue weighted by atomic mass is 32.1. The van der Waals surface area contributed by atoms with Crippen LogP contribution in [0.5, 0.6) is 0 Å². The highest BCUT2D eigenvalue weighted by Crippen LogP contribution is 2.40. The predicted molar refractivity (Wildman–Crippen MR) is 148 cm³/mol. The average molecular weight is 527 g/mol. The summed E-state index contributed by atoms with van der Waals surface area (Å²) in [6.07, 6.45) is 1.94. The van der Waals surface area contributed by atoms with E-state index in [2.05, 4.69) is 15.6 Å². The molecule has 1 amide bonds. The van der Waals surface area contributed by atoms with E-state index in [1.165, 1.54) is 6.07 Å². The summed E-state index contributed by atoms with van der Waals surface area (Å²) in [5.74, 6) is 0.0445. The van der Waals surface area contributed by atoms with Crippen molar-refractivity contribution in [1.82, 2.24) is 15.2 Å².